The van der Waals surface area contributed by atoms with Crippen molar-refractivity contribution in [1.29, 1.82) is 0 Å². The third-order valence-electron chi connectivity index (χ3n) is 7.12. The van der Waals surface area contributed by atoms with E-state index < -0.39 is 5.60 Å². The molecule has 0 fully saturated rings. The number of pyridine rings is 2. The van der Waals surface area contributed by atoms with Crippen molar-refractivity contribution in [2.24, 2.45) is 0 Å². The average Bonchev–Trinajstić information content (AvgIpc) is 3.03. The van der Waals surface area contributed by atoms with E-state index in [2.05, 4.69) is 40.3 Å². The molecule has 0 unspecified atom stereocenters. The molecule has 1 aliphatic rings. The van der Waals surface area contributed by atoms with E-state index in [4.69, 9.17) is 33.2 Å². The minimum Gasteiger partial charge on any atom is -0.475 e. The number of aryl methyl sites for hydroxylation is 2. The van der Waals surface area contributed by atoms with Crippen molar-refractivity contribution in [2.75, 3.05) is 72.7 Å². The van der Waals surface area contributed by atoms with E-state index in [1.807, 2.05) is 45.4 Å². The molecule has 0 radical (unpaired) electrons. The molecule has 10 heteroatoms. The Morgan fingerprint density at radius 2 is 1.28 bits per heavy atom. The lowest BCUT2D eigenvalue weighted by atomic mass is 9.87. The summed E-state index contributed by atoms with van der Waals surface area (Å²) < 4.78 is 38.2. The van der Waals surface area contributed by atoms with Gasteiger partial charge in [-0.25, -0.2) is 9.78 Å². The monoisotopic (exact) mass is 636 g/mol. The number of esters is 1. The normalized spacial score (nSPS) is 12.9. The number of hydrogen-bond donors (Lipinski definition) is 0. The third kappa shape index (κ3) is 12.8. The van der Waals surface area contributed by atoms with Crippen molar-refractivity contribution >= 4 is 5.97 Å². The SMILES string of the molecule is CC(C)(C)OC(=O)COCCOCCOCCOCCOCCOc1ccc(-c2ccc3c(c2)CCCCc2ccncc2-3)cn1. The van der Waals surface area contributed by atoms with E-state index in [0.29, 0.717) is 71.9 Å². The first-order chi connectivity index (χ1) is 22.4. The molecule has 0 aliphatic heterocycles. The van der Waals surface area contributed by atoms with Gasteiger partial charge in [0.2, 0.25) is 5.88 Å². The molecule has 0 N–H and O–H groups in total. The molecule has 2 heterocycles. The van der Waals surface area contributed by atoms with Gasteiger partial charge in [0.1, 0.15) is 18.8 Å². The van der Waals surface area contributed by atoms with E-state index in [1.165, 1.54) is 35.1 Å². The van der Waals surface area contributed by atoms with Crippen LogP contribution in [0.4, 0.5) is 0 Å². The number of benzene rings is 1. The molecule has 0 bridgehead atoms. The molecule has 250 valence electrons. The molecule has 46 heavy (non-hydrogen) atoms. The van der Waals surface area contributed by atoms with Crippen molar-refractivity contribution in [3.05, 3.63) is 66.1 Å². The van der Waals surface area contributed by atoms with Gasteiger partial charge in [0.05, 0.1) is 59.5 Å². The number of ether oxygens (including phenoxy) is 7. The largest absolute Gasteiger partial charge is 0.475 e. The summed E-state index contributed by atoms with van der Waals surface area (Å²) in [6, 6.07) is 12.8. The summed E-state index contributed by atoms with van der Waals surface area (Å²) >= 11 is 0. The molecule has 1 aromatic carbocycles. The van der Waals surface area contributed by atoms with Gasteiger partial charge in [-0.05, 0) is 80.8 Å². The van der Waals surface area contributed by atoms with Gasteiger partial charge in [0, 0.05) is 35.8 Å². The molecular weight excluding hydrogens is 588 g/mol. The van der Waals surface area contributed by atoms with Gasteiger partial charge in [-0.3, -0.25) is 4.98 Å². The van der Waals surface area contributed by atoms with Crippen molar-refractivity contribution < 1.29 is 38.0 Å². The van der Waals surface area contributed by atoms with Gasteiger partial charge in [0.25, 0.3) is 0 Å². The van der Waals surface area contributed by atoms with Crippen molar-refractivity contribution in [1.82, 2.24) is 9.97 Å². The summed E-state index contributed by atoms with van der Waals surface area (Å²) in [5, 5.41) is 0. The molecular formula is C36H48N2O8. The van der Waals surface area contributed by atoms with E-state index in [-0.39, 0.29) is 12.6 Å². The molecule has 0 atom stereocenters. The van der Waals surface area contributed by atoms with E-state index in [0.717, 1.165) is 24.0 Å². The van der Waals surface area contributed by atoms with Gasteiger partial charge >= 0.3 is 5.97 Å². The summed E-state index contributed by atoms with van der Waals surface area (Å²) in [5.41, 5.74) is 7.00. The Hall–Kier alpha value is -3.41. The molecule has 0 saturated carbocycles. The molecule has 0 saturated heterocycles. The molecule has 0 spiro atoms. The molecule has 3 aromatic rings. The highest BCUT2D eigenvalue weighted by molar-refractivity contribution is 5.75. The van der Waals surface area contributed by atoms with Crippen molar-refractivity contribution in [3.63, 3.8) is 0 Å². The second-order valence-corrected chi connectivity index (χ2v) is 11.9. The fourth-order valence-electron chi connectivity index (χ4n) is 5.01. The first-order valence-corrected chi connectivity index (χ1v) is 16.1. The zero-order valence-electron chi connectivity index (χ0n) is 27.5. The van der Waals surface area contributed by atoms with Crippen LogP contribution in [0.3, 0.4) is 0 Å². The number of carbonyl (C=O) groups excluding carboxylic acids is 1. The fourth-order valence-corrected chi connectivity index (χ4v) is 5.01. The summed E-state index contributed by atoms with van der Waals surface area (Å²) in [5.74, 6) is 0.190. The third-order valence-corrected chi connectivity index (χ3v) is 7.12. The van der Waals surface area contributed by atoms with Gasteiger partial charge in [-0.15, -0.1) is 0 Å². The number of hydrogen-bond acceptors (Lipinski definition) is 10. The zero-order chi connectivity index (χ0) is 32.5. The minimum atomic E-state index is -0.510. The van der Waals surface area contributed by atoms with Crippen LogP contribution in [0.2, 0.25) is 0 Å². The van der Waals surface area contributed by atoms with Crippen LogP contribution in [-0.2, 0) is 46.1 Å². The number of rotatable bonds is 19. The Morgan fingerprint density at radius 1 is 0.674 bits per heavy atom. The maximum atomic E-state index is 11.5. The highest BCUT2D eigenvalue weighted by atomic mass is 16.6. The molecule has 0 amide bonds. The minimum absolute atomic E-state index is 0.0812. The number of nitrogens with zero attached hydrogens (tertiary/aromatic N) is 2. The summed E-state index contributed by atoms with van der Waals surface area (Å²) in [4.78, 5) is 20.4. The van der Waals surface area contributed by atoms with E-state index >= 15 is 0 Å². The van der Waals surface area contributed by atoms with Gasteiger partial charge in [-0.1, -0.05) is 18.2 Å². The quantitative estimate of drug-likeness (QED) is 0.124. The molecule has 4 rings (SSSR count). The standard InChI is InChI=1S/C36H48N2O8/c1-36(2,3)46-35(39)27-44-21-20-42-17-16-40-14-15-41-18-19-43-22-23-45-34-11-9-31(25-38-34)29-8-10-32-30(24-29)7-5-4-6-28-12-13-37-26-33(28)32/h8-13,24-26H,4-7,14-23,27H2,1-3H3. The summed E-state index contributed by atoms with van der Waals surface area (Å²) in [6.45, 7) is 9.73. The van der Waals surface area contributed by atoms with Crippen LogP contribution in [0.25, 0.3) is 22.3 Å². The number of fused-ring (bicyclic) bond motifs is 3. The van der Waals surface area contributed by atoms with Crippen LogP contribution in [0.5, 0.6) is 5.88 Å². The van der Waals surface area contributed by atoms with Crippen LogP contribution in [0.15, 0.2) is 55.0 Å². The molecule has 10 nitrogen and oxygen atoms in total. The summed E-state index contributed by atoms with van der Waals surface area (Å²) in [7, 11) is 0. The van der Waals surface area contributed by atoms with Crippen LogP contribution in [0, 0.1) is 0 Å². The Morgan fingerprint density at radius 3 is 1.91 bits per heavy atom. The van der Waals surface area contributed by atoms with E-state index in [9.17, 15) is 4.79 Å². The second-order valence-electron chi connectivity index (χ2n) is 11.9. The summed E-state index contributed by atoms with van der Waals surface area (Å²) in [6.07, 6.45) is 10.3. The van der Waals surface area contributed by atoms with Gasteiger partial charge in [-0.2, -0.15) is 0 Å². The predicted molar refractivity (Wildman–Crippen MR) is 175 cm³/mol. The smallest absolute Gasteiger partial charge is 0.332 e. The fraction of sp³-hybridized carbons (Fsp3) is 0.528. The van der Waals surface area contributed by atoms with Crippen LogP contribution < -0.4 is 4.74 Å². The maximum absolute atomic E-state index is 11.5. The predicted octanol–water partition coefficient (Wildman–Crippen LogP) is 5.49. The Labute approximate surface area is 272 Å². The lowest BCUT2D eigenvalue weighted by molar-refractivity contribution is -0.160. The Balaban J connectivity index is 0.997. The number of carbonyl (C=O) groups is 1. The lowest BCUT2D eigenvalue weighted by Crippen LogP contribution is -2.27. The van der Waals surface area contributed by atoms with Crippen molar-refractivity contribution in [3.8, 4) is 28.1 Å². The van der Waals surface area contributed by atoms with E-state index in [1.54, 1.807) is 0 Å². The molecule has 2 aromatic heterocycles. The van der Waals surface area contributed by atoms with Crippen LogP contribution >= 0.6 is 0 Å². The lowest BCUT2D eigenvalue weighted by Gasteiger charge is -2.19. The Bertz CT molecular complexity index is 1330. The van der Waals surface area contributed by atoms with Gasteiger partial charge in [0.15, 0.2) is 0 Å². The first-order valence-electron chi connectivity index (χ1n) is 16.1. The topological polar surface area (TPSA) is 107 Å². The number of aromatic nitrogens is 2. The second kappa shape index (κ2) is 19.3. The molecule has 1 aliphatic carbocycles. The van der Waals surface area contributed by atoms with Crippen molar-refractivity contribution in [2.45, 2.75) is 52.1 Å². The average molecular weight is 637 g/mol. The zero-order valence-corrected chi connectivity index (χ0v) is 27.5. The Kier molecular flexibility index (Phi) is 14.9. The van der Waals surface area contributed by atoms with Crippen LogP contribution in [-0.4, -0.2) is 94.2 Å². The highest BCUT2D eigenvalue weighted by Crippen LogP contribution is 2.34. The maximum Gasteiger partial charge on any atom is 0.332 e. The van der Waals surface area contributed by atoms with Crippen LogP contribution in [0.1, 0.15) is 44.7 Å². The van der Waals surface area contributed by atoms with Gasteiger partial charge < -0.3 is 33.2 Å². The highest BCUT2D eigenvalue weighted by Gasteiger charge is 2.16. The first kappa shape index (κ1) is 35.4.